The summed E-state index contributed by atoms with van der Waals surface area (Å²) in [7, 11) is 0. The maximum atomic E-state index is 14.3. The highest BCUT2D eigenvalue weighted by atomic mass is 16.6. The molecule has 6 heteroatoms. The van der Waals surface area contributed by atoms with Crippen LogP contribution in [0.4, 0.5) is 0 Å². The maximum Gasteiger partial charge on any atom is 0.333 e. The third-order valence-corrected chi connectivity index (χ3v) is 9.57. The van der Waals surface area contributed by atoms with Crippen molar-refractivity contribution in [3.63, 3.8) is 0 Å². The van der Waals surface area contributed by atoms with Crippen LogP contribution in [0.25, 0.3) is 0 Å². The number of fused-ring (bicyclic) bond motifs is 4. The molecule has 1 aliphatic heterocycles. The van der Waals surface area contributed by atoms with E-state index in [1.165, 1.54) is 6.92 Å². The Labute approximate surface area is 203 Å². The van der Waals surface area contributed by atoms with E-state index < -0.39 is 34.7 Å². The minimum atomic E-state index is -1.46. The average Bonchev–Trinajstić information content (AvgIpc) is 3.55. The van der Waals surface area contributed by atoms with E-state index in [0.29, 0.717) is 23.0 Å². The topological polar surface area (TPSA) is 82.2 Å². The number of esters is 2. The lowest BCUT2D eigenvalue weighted by Crippen LogP contribution is -2.60. The molecule has 4 aliphatic rings. The molecule has 2 saturated carbocycles. The molecule has 8 unspecified atom stereocenters. The van der Waals surface area contributed by atoms with E-state index in [-0.39, 0.29) is 29.6 Å². The number of carbonyl (C=O) groups excluding carboxylic acids is 3. The van der Waals surface area contributed by atoms with E-state index in [1.54, 1.807) is 19.9 Å². The zero-order valence-corrected chi connectivity index (χ0v) is 22.1. The van der Waals surface area contributed by atoms with Crippen LogP contribution in [0.5, 0.6) is 0 Å². The number of hydrogen-bond acceptors (Lipinski definition) is 6. The van der Waals surface area contributed by atoms with Crippen LogP contribution in [0.3, 0.4) is 0 Å². The first-order valence-electron chi connectivity index (χ1n) is 12.6. The van der Waals surface area contributed by atoms with Crippen LogP contribution in [-0.2, 0) is 28.6 Å². The van der Waals surface area contributed by atoms with Gasteiger partial charge in [0.25, 0.3) is 0 Å². The van der Waals surface area contributed by atoms with Crippen LogP contribution in [0.15, 0.2) is 23.3 Å². The van der Waals surface area contributed by atoms with Crippen LogP contribution in [0.2, 0.25) is 0 Å². The SMILES string of the molecule is CC=C(C)C(=O)OC1C(C)CC2(OC(C)=O)C(=O)C(C)=CC3C(CCC4(C)OC4C12C)C3(C)C. The third-order valence-electron chi connectivity index (χ3n) is 9.57. The van der Waals surface area contributed by atoms with Crippen molar-refractivity contribution in [3.8, 4) is 0 Å². The van der Waals surface area contributed by atoms with Gasteiger partial charge in [-0.15, -0.1) is 0 Å². The lowest BCUT2D eigenvalue weighted by atomic mass is 9.65. The number of ether oxygens (including phenoxy) is 3. The number of hydrogen-bond donors (Lipinski definition) is 0. The lowest BCUT2D eigenvalue weighted by Gasteiger charge is -2.43. The molecule has 188 valence electrons. The van der Waals surface area contributed by atoms with Gasteiger partial charge < -0.3 is 14.2 Å². The highest BCUT2D eigenvalue weighted by Gasteiger charge is 2.78. The summed E-state index contributed by atoms with van der Waals surface area (Å²) in [6.45, 7) is 17.1. The minimum absolute atomic E-state index is 0.129. The highest BCUT2D eigenvalue weighted by molar-refractivity contribution is 6.04. The van der Waals surface area contributed by atoms with Crippen molar-refractivity contribution in [1.29, 1.82) is 0 Å². The molecule has 3 aliphatic carbocycles. The molecule has 0 aromatic rings. The minimum Gasteiger partial charge on any atom is -0.458 e. The normalized spacial score (nSPS) is 45.1. The molecule has 34 heavy (non-hydrogen) atoms. The first-order chi connectivity index (χ1) is 15.7. The molecular formula is C28H40O6. The summed E-state index contributed by atoms with van der Waals surface area (Å²) < 4.78 is 18.5. The Bertz CT molecular complexity index is 991. The van der Waals surface area contributed by atoms with Gasteiger partial charge in [0.2, 0.25) is 5.78 Å². The fourth-order valence-electron chi connectivity index (χ4n) is 7.26. The Morgan fingerprint density at radius 2 is 1.82 bits per heavy atom. The number of rotatable bonds is 3. The van der Waals surface area contributed by atoms with Crippen LogP contribution in [0, 0.1) is 28.6 Å². The summed E-state index contributed by atoms with van der Waals surface area (Å²) >= 11 is 0. The number of allylic oxidation sites excluding steroid dienone is 2. The second kappa shape index (κ2) is 7.78. The molecule has 0 spiro atoms. The highest BCUT2D eigenvalue weighted by Crippen LogP contribution is 2.68. The van der Waals surface area contributed by atoms with Gasteiger partial charge in [-0.3, -0.25) is 9.59 Å². The Morgan fingerprint density at radius 1 is 1.18 bits per heavy atom. The smallest absolute Gasteiger partial charge is 0.333 e. The molecule has 8 atom stereocenters. The van der Waals surface area contributed by atoms with Gasteiger partial charge >= 0.3 is 11.9 Å². The molecule has 4 rings (SSSR count). The van der Waals surface area contributed by atoms with E-state index in [0.717, 1.165) is 12.8 Å². The number of Topliss-reactive ketones (excluding diaryl/α,β-unsaturated/α-hetero) is 1. The summed E-state index contributed by atoms with van der Waals surface area (Å²) in [6, 6.07) is 0. The monoisotopic (exact) mass is 472 g/mol. The summed E-state index contributed by atoms with van der Waals surface area (Å²) in [5.41, 5.74) is -1.71. The summed E-state index contributed by atoms with van der Waals surface area (Å²) in [6.07, 6.45) is 4.92. The Hall–Kier alpha value is -1.95. The van der Waals surface area contributed by atoms with Gasteiger partial charge in [0.1, 0.15) is 12.2 Å². The fraction of sp³-hybridized carbons (Fsp3) is 0.750. The van der Waals surface area contributed by atoms with Gasteiger partial charge in [0.15, 0.2) is 5.60 Å². The van der Waals surface area contributed by atoms with Crippen molar-refractivity contribution in [3.05, 3.63) is 23.3 Å². The first-order valence-corrected chi connectivity index (χ1v) is 12.6. The third kappa shape index (κ3) is 3.42. The lowest BCUT2D eigenvalue weighted by molar-refractivity contribution is -0.187. The molecular weight excluding hydrogens is 432 g/mol. The standard InChI is InChI=1S/C28H40O6/c1-10-15(2)23(31)32-22-17(4)14-28(33-18(5)29)21(30)16(3)13-20-19(25(20,6)7)11-12-26(8)24(34-26)27(22,28)9/h10,13,17,19-20,22,24H,11-12,14H2,1-9H3. The number of ketones is 1. The van der Waals surface area contributed by atoms with Gasteiger partial charge in [-0.2, -0.15) is 0 Å². The predicted octanol–water partition coefficient (Wildman–Crippen LogP) is 4.95. The predicted molar refractivity (Wildman–Crippen MR) is 128 cm³/mol. The van der Waals surface area contributed by atoms with E-state index in [2.05, 4.69) is 26.8 Å². The van der Waals surface area contributed by atoms with Crippen molar-refractivity contribution in [2.75, 3.05) is 0 Å². The number of carbonyl (C=O) groups is 3. The van der Waals surface area contributed by atoms with Gasteiger partial charge in [-0.1, -0.05) is 32.9 Å². The van der Waals surface area contributed by atoms with Crippen LogP contribution in [-0.4, -0.2) is 41.1 Å². The average molecular weight is 473 g/mol. The first kappa shape index (κ1) is 25.2. The fourth-order valence-corrected chi connectivity index (χ4v) is 7.26. The molecule has 6 nitrogen and oxygen atoms in total. The Morgan fingerprint density at radius 3 is 2.41 bits per heavy atom. The summed E-state index contributed by atoms with van der Waals surface area (Å²) in [4.78, 5) is 39.6. The molecule has 0 amide bonds. The molecule has 1 saturated heterocycles. The van der Waals surface area contributed by atoms with E-state index in [4.69, 9.17) is 14.2 Å². The van der Waals surface area contributed by atoms with Crippen molar-refractivity contribution < 1.29 is 28.6 Å². The number of epoxide rings is 1. The second-order valence-electron chi connectivity index (χ2n) is 12.2. The van der Waals surface area contributed by atoms with Gasteiger partial charge in [-0.25, -0.2) is 4.79 Å². The molecule has 0 N–H and O–H groups in total. The molecule has 1 heterocycles. The molecule has 0 radical (unpaired) electrons. The van der Waals surface area contributed by atoms with E-state index >= 15 is 0 Å². The second-order valence-corrected chi connectivity index (χ2v) is 12.2. The van der Waals surface area contributed by atoms with E-state index in [1.807, 2.05) is 20.8 Å². The van der Waals surface area contributed by atoms with Crippen LogP contribution < -0.4 is 0 Å². The molecule has 0 aromatic carbocycles. The van der Waals surface area contributed by atoms with Gasteiger partial charge in [0.05, 0.1) is 11.0 Å². The summed E-state index contributed by atoms with van der Waals surface area (Å²) in [5.74, 6) is -0.537. The quantitative estimate of drug-likeness (QED) is 0.328. The van der Waals surface area contributed by atoms with Crippen molar-refractivity contribution in [1.82, 2.24) is 0 Å². The van der Waals surface area contributed by atoms with Crippen molar-refractivity contribution in [2.45, 2.75) is 105 Å². The molecule has 0 bridgehead atoms. The van der Waals surface area contributed by atoms with Crippen LogP contribution >= 0.6 is 0 Å². The zero-order valence-electron chi connectivity index (χ0n) is 22.1. The van der Waals surface area contributed by atoms with Crippen molar-refractivity contribution in [2.24, 2.45) is 28.6 Å². The zero-order chi connectivity index (χ0) is 25.4. The van der Waals surface area contributed by atoms with Crippen molar-refractivity contribution >= 4 is 17.7 Å². The van der Waals surface area contributed by atoms with Gasteiger partial charge in [0, 0.05) is 18.9 Å². The maximum absolute atomic E-state index is 14.3. The summed E-state index contributed by atoms with van der Waals surface area (Å²) in [5, 5.41) is 0. The Balaban J connectivity index is 1.87. The van der Waals surface area contributed by atoms with E-state index in [9.17, 15) is 14.4 Å². The Kier molecular flexibility index (Phi) is 5.75. The van der Waals surface area contributed by atoms with Crippen LogP contribution in [0.1, 0.15) is 81.6 Å². The molecule has 0 aromatic heterocycles. The van der Waals surface area contributed by atoms with Gasteiger partial charge in [-0.05, 0) is 76.2 Å². The molecule has 3 fully saturated rings. The largest absolute Gasteiger partial charge is 0.458 e.